The number of oxime groups is 1. The van der Waals surface area contributed by atoms with E-state index in [0.717, 1.165) is 11.2 Å². The maximum atomic E-state index is 11.0. The number of nitrogens with two attached hydrogens (primary N) is 2. The number of nitrogens with zero attached hydrogens (tertiary/aromatic N) is 2. The van der Waals surface area contributed by atoms with E-state index in [9.17, 15) is 14.4 Å². The number of primary amides is 2. The van der Waals surface area contributed by atoms with Crippen molar-refractivity contribution in [3.8, 4) is 0 Å². The summed E-state index contributed by atoms with van der Waals surface area (Å²) < 4.78 is 0. The molecule has 0 unspecified atom stereocenters. The third kappa shape index (κ3) is 8.91. The second-order valence-corrected chi connectivity index (χ2v) is 3.10. The molecule has 10 nitrogen and oxygen atoms in total. The molecule has 0 radical (unpaired) electrons. The van der Waals surface area contributed by atoms with Crippen molar-refractivity contribution in [1.29, 1.82) is 0 Å². The Kier molecular flexibility index (Phi) is 7.61. The van der Waals surface area contributed by atoms with Crippen LogP contribution >= 0.6 is 0 Å². The standard InChI is InChI=1S/C8H16N6O4/c1-14(8(10)17)5-13-18-6(15)4-11-2-3-12-7(9)16/h5,11H,2-4H2,1H3,(H2,10,17)(H3,9,12,16)/b13-5-. The predicted octanol–water partition coefficient (Wildman–Crippen LogP) is -2.26. The monoisotopic (exact) mass is 260 g/mol. The van der Waals surface area contributed by atoms with Gasteiger partial charge in [0.25, 0.3) is 0 Å². The van der Waals surface area contributed by atoms with Crippen molar-refractivity contribution < 1.29 is 19.2 Å². The highest BCUT2D eigenvalue weighted by Crippen LogP contribution is 1.80. The second-order valence-electron chi connectivity index (χ2n) is 3.10. The van der Waals surface area contributed by atoms with E-state index in [-0.39, 0.29) is 13.1 Å². The molecule has 0 aliphatic heterocycles. The molecule has 0 bridgehead atoms. The second kappa shape index (κ2) is 8.75. The fraction of sp³-hybridized carbons (Fsp3) is 0.500. The molecule has 0 saturated carbocycles. The summed E-state index contributed by atoms with van der Waals surface area (Å²) in [5.74, 6) is -0.650. The summed E-state index contributed by atoms with van der Waals surface area (Å²) in [4.78, 5) is 37.2. The molecule has 6 N–H and O–H groups in total. The van der Waals surface area contributed by atoms with Crippen LogP contribution in [0.25, 0.3) is 0 Å². The molecule has 18 heavy (non-hydrogen) atoms. The Labute approximate surface area is 103 Å². The van der Waals surface area contributed by atoms with Gasteiger partial charge >= 0.3 is 18.0 Å². The predicted molar refractivity (Wildman–Crippen MR) is 62.4 cm³/mol. The Morgan fingerprint density at radius 2 is 2.00 bits per heavy atom. The number of carbonyl (C=O) groups excluding carboxylic acids is 3. The fourth-order valence-corrected chi connectivity index (χ4v) is 0.707. The van der Waals surface area contributed by atoms with Gasteiger partial charge in [0.2, 0.25) is 0 Å². The van der Waals surface area contributed by atoms with Crippen LogP contribution in [0.1, 0.15) is 0 Å². The molecule has 0 aromatic carbocycles. The van der Waals surface area contributed by atoms with Crippen molar-refractivity contribution in [2.45, 2.75) is 0 Å². The van der Waals surface area contributed by atoms with E-state index in [4.69, 9.17) is 11.5 Å². The van der Waals surface area contributed by atoms with Crippen molar-refractivity contribution in [3.63, 3.8) is 0 Å². The van der Waals surface area contributed by atoms with E-state index in [2.05, 4.69) is 20.6 Å². The molecular formula is C8H16N6O4. The first-order valence-corrected chi connectivity index (χ1v) is 4.93. The van der Waals surface area contributed by atoms with Gasteiger partial charge in [-0.2, -0.15) is 0 Å². The Balaban J connectivity index is 3.60. The largest absolute Gasteiger partial charge is 0.352 e. The number of amides is 4. The minimum atomic E-state index is -0.731. The van der Waals surface area contributed by atoms with Crippen LogP contribution in [-0.2, 0) is 9.63 Å². The summed E-state index contributed by atoms with van der Waals surface area (Å²) in [7, 11) is 1.35. The van der Waals surface area contributed by atoms with E-state index >= 15 is 0 Å². The van der Waals surface area contributed by atoms with Crippen LogP contribution in [0.5, 0.6) is 0 Å². The molecule has 0 fully saturated rings. The lowest BCUT2D eigenvalue weighted by Crippen LogP contribution is -2.36. The first-order chi connectivity index (χ1) is 8.43. The SMILES string of the molecule is CN(/C=N\OC(=O)CNCCNC(N)=O)C(N)=O. The molecule has 0 aliphatic carbocycles. The summed E-state index contributed by atoms with van der Waals surface area (Å²) in [6.45, 7) is 0.539. The maximum Gasteiger partial charge on any atom is 0.348 e. The molecular weight excluding hydrogens is 244 g/mol. The molecule has 0 saturated heterocycles. The normalized spacial score (nSPS) is 10.1. The number of urea groups is 2. The lowest BCUT2D eigenvalue weighted by atomic mass is 10.5. The third-order valence-electron chi connectivity index (χ3n) is 1.59. The molecule has 0 aromatic heterocycles. The fourth-order valence-electron chi connectivity index (χ4n) is 0.707. The van der Waals surface area contributed by atoms with Gasteiger partial charge in [-0.25, -0.2) is 14.4 Å². The quantitative estimate of drug-likeness (QED) is 0.134. The van der Waals surface area contributed by atoms with Crippen LogP contribution in [0.15, 0.2) is 5.16 Å². The van der Waals surface area contributed by atoms with Gasteiger partial charge in [-0.1, -0.05) is 5.16 Å². The molecule has 10 heteroatoms. The molecule has 0 spiro atoms. The molecule has 0 aromatic rings. The highest BCUT2D eigenvalue weighted by Gasteiger charge is 2.02. The molecule has 0 rings (SSSR count). The lowest BCUT2D eigenvalue weighted by molar-refractivity contribution is -0.142. The number of nitrogens with one attached hydrogen (secondary N) is 2. The van der Waals surface area contributed by atoms with E-state index < -0.39 is 18.0 Å². The number of carbonyl (C=O) groups is 3. The molecule has 102 valence electrons. The Bertz CT molecular complexity index is 332. The van der Waals surface area contributed by atoms with Crippen molar-refractivity contribution in [2.75, 3.05) is 26.7 Å². The molecule has 0 atom stereocenters. The Hall–Kier alpha value is -2.36. The topological polar surface area (TPSA) is 152 Å². The van der Waals surface area contributed by atoms with Gasteiger partial charge in [0.05, 0.1) is 6.54 Å². The van der Waals surface area contributed by atoms with Crippen LogP contribution in [0.2, 0.25) is 0 Å². The Morgan fingerprint density at radius 3 is 2.56 bits per heavy atom. The van der Waals surface area contributed by atoms with Crippen molar-refractivity contribution in [3.05, 3.63) is 0 Å². The molecule has 0 heterocycles. The van der Waals surface area contributed by atoms with Gasteiger partial charge in [-0.05, 0) is 0 Å². The average Bonchev–Trinajstić information content (AvgIpc) is 2.27. The van der Waals surface area contributed by atoms with Crippen LogP contribution in [0.3, 0.4) is 0 Å². The van der Waals surface area contributed by atoms with Crippen LogP contribution in [0, 0.1) is 0 Å². The van der Waals surface area contributed by atoms with E-state index in [0.29, 0.717) is 6.54 Å². The highest BCUT2D eigenvalue weighted by molar-refractivity contribution is 5.84. The number of hydrogen-bond acceptors (Lipinski definition) is 6. The minimum absolute atomic E-state index is 0.0991. The molecule has 0 aliphatic rings. The van der Waals surface area contributed by atoms with Crippen LogP contribution in [-0.4, -0.2) is 56.0 Å². The van der Waals surface area contributed by atoms with Crippen LogP contribution < -0.4 is 22.1 Å². The van der Waals surface area contributed by atoms with Gasteiger partial charge in [-0.15, -0.1) is 0 Å². The van der Waals surface area contributed by atoms with Gasteiger partial charge in [0, 0.05) is 20.1 Å². The van der Waals surface area contributed by atoms with E-state index in [1.807, 2.05) is 0 Å². The zero-order valence-corrected chi connectivity index (χ0v) is 9.88. The zero-order chi connectivity index (χ0) is 14.0. The van der Waals surface area contributed by atoms with Crippen molar-refractivity contribution in [1.82, 2.24) is 15.5 Å². The maximum absolute atomic E-state index is 11.0. The first kappa shape index (κ1) is 15.6. The zero-order valence-electron chi connectivity index (χ0n) is 9.88. The van der Waals surface area contributed by atoms with Gasteiger partial charge in [0.1, 0.15) is 6.34 Å². The number of hydrogen-bond donors (Lipinski definition) is 4. The van der Waals surface area contributed by atoms with Gasteiger partial charge in [-0.3, -0.25) is 4.90 Å². The summed E-state index contributed by atoms with van der Waals surface area (Å²) in [5, 5.41) is 8.24. The Morgan fingerprint density at radius 1 is 1.33 bits per heavy atom. The lowest BCUT2D eigenvalue weighted by Gasteiger charge is -2.05. The van der Waals surface area contributed by atoms with Gasteiger partial charge in [0.15, 0.2) is 0 Å². The summed E-state index contributed by atoms with van der Waals surface area (Å²) in [5.41, 5.74) is 9.71. The first-order valence-electron chi connectivity index (χ1n) is 4.93. The van der Waals surface area contributed by atoms with Crippen molar-refractivity contribution in [2.24, 2.45) is 16.6 Å². The summed E-state index contributed by atoms with van der Waals surface area (Å²) >= 11 is 0. The summed E-state index contributed by atoms with van der Waals surface area (Å²) in [6, 6.07) is -1.37. The smallest absolute Gasteiger partial charge is 0.348 e. The van der Waals surface area contributed by atoms with Crippen molar-refractivity contribution >= 4 is 24.4 Å². The van der Waals surface area contributed by atoms with Crippen LogP contribution in [0.4, 0.5) is 9.59 Å². The molecule has 4 amide bonds. The minimum Gasteiger partial charge on any atom is -0.352 e. The van der Waals surface area contributed by atoms with E-state index in [1.165, 1.54) is 7.05 Å². The third-order valence-corrected chi connectivity index (χ3v) is 1.59. The van der Waals surface area contributed by atoms with E-state index in [1.54, 1.807) is 0 Å². The average molecular weight is 260 g/mol. The summed E-state index contributed by atoms with van der Waals surface area (Å²) in [6.07, 6.45) is 0.967. The van der Waals surface area contributed by atoms with Gasteiger partial charge < -0.3 is 26.9 Å². The number of rotatable bonds is 7. The highest BCUT2D eigenvalue weighted by atomic mass is 16.7.